The van der Waals surface area contributed by atoms with Crippen LogP contribution in [0.3, 0.4) is 0 Å². The number of nitro groups is 1. The molecule has 0 spiro atoms. The minimum absolute atomic E-state index is 0.0518. The average Bonchev–Trinajstić information content (AvgIpc) is 2.71. The smallest absolute Gasteiger partial charge is 0.305 e. The Morgan fingerprint density at radius 3 is 2.67 bits per heavy atom. The molecular weight excluding hydrogens is 284 g/mol. The van der Waals surface area contributed by atoms with Gasteiger partial charge in [0.2, 0.25) is 11.7 Å². The van der Waals surface area contributed by atoms with Gasteiger partial charge in [-0.1, -0.05) is 19.0 Å². The van der Waals surface area contributed by atoms with Crippen LogP contribution in [0.5, 0.6) is 0 Å². The lowest BCUT2D eigenvalue weighted by molar-refractivity contribution is -0.387. The molecule has 6 nitrogen and oxygen atoms in total. The minimum atomic E-state index is -1.29. The maximum atomic E-state index is 14.2. The number of hydrogen-bond acceptors (Lipinski definition) is 5. The van der Waals surface area contributed by atoms with Gasteiger partial charge < -0.3 is 10.3 Å². The van der Waals surface area contributed by atoms with Crippen molar-refractivity contribution in [2.75, 3.05) is 5.73 Å². The van der Waals surface area contributed by atoms with Crippen LogP contribution in [0, 0.1) is 27.7 Å². The summed E-state index contributed by atoms with van der Waals surface area (Å²) in [5.74, 6) is -2.17. The molecule has 0 fully saturated rings. The first-order chi connectivity index (χ1) is 9.82. The SMILES string of the molecule is CC(C)Cc1c(-c2c(F)ccc([N+](=O)[O-])c2F)noc1N. The zero-order valence-electron chi connectivity index (χ0n) is 11.4. The highest BCUT2D eigenvalue weighted by Gasteiger charge is 2.28. The Morgan fingerprint density at radius 1 is 1.43 bits per heavy atom. The topological polar surface area (TPSA) is 95.2 Å². The Morgan fingerprint density at radius 2 is 2.10 bits per heavy atom. The quantitative estimate of drug-likeness (QED) is 0.690. The summed E-state index contributed by atoms with van der Waals surface area (Å²) in [5, 5.41) is 14.3. The predicted octanol–water partition coefficient (Wildman–Crippen LogP) is 3.31. The third-order valence-electron chi connectivity index (χ3n) is 2.94. The van der Waals surface area contributed by atoms with E-state index in [4.69, 9.17) is 10.3 Å². The van der Waals surface area contributed by atoms with Gasteiger partial charge in [-0.25, -0.2) is 4.39 Å². The molecule has 0 radical (unpaired) electrons. The molecule has 1 heterocycles. The van der Waals surface area contributed by atoms with Crippen LogP contribution in [0.1, 0.15) is 19.4 Å². The van der Waals surface area contributed by atoms with Crippen LogP contribution < -0.4 is 5.73 Å². The molecule has 21 heavy (non-hydrogen) atoms. The third kappa shape index (κ3) is 2.69. The fourth-order valence-corrected chi connectivity index (χ4v) is 2.02. The number of rotatable bonds is 4. The Labute approximate surface area is 118 Å². The third-order valence-corrected chi connectivity index (χ3v) is 2.94. The highest BCUT2D eigenvalue weighted by atomic mass is 19.1. The first kappa shape index (κ1) is 14.9. The number of hydrogen-bond donors (Lipinski definition) is 1. The monoisotopic (exact) mass is 297 g/mol. The molecule has 8 heteroatoms. The van der Waals surface area contributed by atoms with E-state index in [9.17, 15) is 18.9 Å². The number of anilines is 1. The highest BCUT2D eigenvalue weighted by Crippen LogP contribution is 2.35. The van der Waals surface area contributed by atoms with Crippen LogP contribution in [0.15, 0.2) is 16.7 Å². The van der Waals surface area contributed by atoms with Crippen molar-refractivity contribution in [1.82, 2.24) is 5.16 Å². The summed E-state index contributed by atoms with van der Waals surface area (Å²) < 4.78 is 32.9. The second-order valence-corrected chi connectivity index (χ2v) is 4.98. The number of benzene rings is 1. The van der Waals surface area contributed by atoms with Gasteiger partial charge in [-0.3, -0.25) is 10.1 Å². The van der Waals surface area contributed by atoms with Crippen molar-refractivity contribution in [3.63, 3.8) is 0 Å². The lowest BCUT2D eigenvalue weighted by atomic mass is 9.98. The van der Waals surface area contributed by atoms with Crippen molar-refractivity contribution in [2.24, 2.45) is 5.92 Å². The summed E-state index contributed by atoms with van der Waals surface area (Å²) in [4.78, 5) is 9.83. The van der Waals surface area contributed by atoms with Gasteiger partial charge in [0.05, 0.1) is 10.5 Å². The lowest BCUT2D eigenvalue weighted by Gasteiger charge is -2.07. The fourth-order valence-electron chi connectivity index (χ4n) is 2.02. The van der Waals surface area contributed by atoms with Crippen molar-refractivity contribution in [3.8, 4) is 11.3 Å². The molecule has 0 aliphatic carbocycles. The Hall–Kier alpha value is -2.51. The van der Waals surface area contributed by atoms with Crippen molar-refractivity contribution in [3.05, 3.63) is 39.4 Å². The van der Waals surface area contributed by atoms with Gasteiger partial charge in [-0.2, -0.15) is 4.39 Å². The largest absolute Gasteiger partial charge is 0.367 e. The average molecular weight is 297 g/mol. The van der Waals surface area contributed by atoms with Gasteiger partial charge in [0.1, 0.15) is 11.5 Å². The van der Waals surface area contributed by atoms with Gasteiger partial charge in [-0.05, 0) is 18.4 Å². The second-order valence-electron chi connectivity index (χ2n) is 4.98. The summed E-state index contributed by atoms with van der Waals surface area (Å²) in [6, 6.07) is 1.58. The van der Waals surface area contributed by atoms with Crippen LogP contribution in [0.25, 0.3) is 11.3 Å². The van der Waals surface area contributed by atoms with Crippen molar-refractivity contribution < 1.29 is 18.2 Å². The van der Waals surface area contributed by atoms with E-state index >= 15 is 0 Å². The molecule has 0 aliphatic heterocycles. The van der Waals surface area contributed by atoms with E-state index in [1.165, 1.54) is 0 Å². The zero-order valence-corrected chi connectivity index (χ0v) is 11.4. The summed E-state index contributed by atoms with van der Waals surface area (Å²) in [5.41, 5.74) is 4.39. The molecule has 0 saturated heterocycles. The first-order valence-electron chi connectivity index (χ1n) is 6.19. The Kier molecular flexibility index (Phi) is 3.88. The predicted molar refractivity (Wildman–Crippen MR) is 71.5 cm³/mol. The summed E-state index contributed by atoms with van der Waals surface area (Å²) in [6.45, 7) is 3.77. The molecule has 2 N–H and O–H groups in total. The minimum Gasteiger partial charge on any atom is -0.367 e. The van der Waals surface area contributed by atoms with Crippen LogP contribution in [0.4, 0.5) is 20.4 Å². The van der Waals surface area contributed by atoms with Gasteiger partial charge in [-0.15, -0.1) is 0 Å². The highest BCUT2D eigenvalue weighted by molar-refractivity contribution is 5.70. The number of nitrogens with two attached hydrogens (primary N) is 1. The number of halogens is 2. The van der Waals surface area contributed by atoms with Gasteiger partial charge >= 0.3 is 5.69 Å². The molecule has 2 rings (SSSR count). The lowest BCUT2D eigenvalue weighted by Crippen LogP contribution is -2.02. The molecule has 1 aromatic carbocycles. The molecule has 2 aromatic rings. The molecule has 0 amide bonds. The van der Waals surface area contributed by atoms with Crippen LogP contribution in [0.2, 0.25) is 0 Å². The molecule has 1 aromatic heterocycles. The van der Waals surface area contributed by atoms with E-state index in [0.717, 1.165) is 12.1 Å². The Balaban J connectivity index is 2.67. The molecule has 0 bridgehead atoms. The molecule has 0 saturated carbocycles. The van der Waals surface area contributed by atoms with Gasteiger partial charge in [0.25, 0.3) is 0 Å². The standard InChI is InChI=1S/C13H13F2N3O3/c1-6(2)5-7-12(17-21-13(7)16)10-8(14)3-4-9(11(10)15)18(19)20/h3-4,6H,5,16H2,1-2H3. The van der Waals surface area contributed by atoms with E-state index in [2.05, 4.69) is 5.16 Å². The molecule has 112 valence electrons. The number of nitrogen functional groups attached to an aromatic ring is 1. The molecule has 0 unspecified atom stereocenters. The van der Waals surface area contributed by atoms with Gasteiger partial charge in [0, 0.05) is 11.6 Å². The summed E-state index contributed by atoms with van der Waals surface area (Å²) in [7, 11) is 0. The second kappa shape index (κ2) is 5.47. The number of nitrogens with zero attached hydrogens (tertiary/aromatic N) is 2. The molecular formula is C13H13F2N3O3. The van der Waals surface area contributed by atoms with Gasteiger partial charge in [0.15, 0.2) is 0 Å². The van der Waals surface area contributed by atoms with E-state index in [1.54, 1.807) is 0 Å². The van der Waals surface area contributed by atoms with E-state index in [0.29, 0.717) is 12.0 Å². The maximum Gasteiger partial charge on any atom is 0.305 e. The van der Waals surface area contributed by atoms with Crippen LogP contribution in [-0.4, -0.2) is 10.1 Å². The number of nitro benzene ring substituents is 1. The maximum absolute atomic E-state index is 14.2. The van der Waals surface area contributed by atoms with Crippen LogP contribution >= 0.6 is 0 Å². The fraction of sp³-hybridized carbons (Fsp3) is 0.308. The zero-order chi connectivity index (χ0) is 15.7. The van der Waals surface area contributed by atoms with Crippen molar-refractivity contribution in [2.45, 2.75) is 20.3 Å². The molecule has 0 aliphatic rings. The van der Waals surface area contributed by atoms with E-state index in [-0.39, 0.29) is 17.5 Å². The van der Waals surface area contributed by atoms with E-state index < -0.39 is 27.8 Å². The summed E-state index contributed by atoms with van der Waals surface area (Å²) in [6.07, 6.45) is 0.381. The molecule has 0 atom stereocenters. The van der Waals surface area contributed by atoms with E-state index in [1.807, 2.05) is 13.8 Å². The first-order valence-corrected chi connectivity index (χ1v) is 6.19. The summed E-state index contributed by atoms with van der Waals surface area (Å²) >= 11 is 0. The van der Waals surface area contributed by atoms with Crippen molar-refractivity contribution >= 4 is 11.6 Å². The van der Waals surface area contributed by atoms with Crippen LogP contribution in [-0.2, 0) is 6.42 Å². The Bertz CT molecular complexity index is 698. The normalized spacial score (nSPS) is 11.1. The number of aromatic nitrogens is 1. The van der Waals surface area contributed by atoms with Crippen molar-refractivity contribution in [1.29, 1.82) is 0 Å².